The first-order chi connectivity index (χ1) is 10.1. The molecule has 8 heteroatoms. The van der Waals surface area contributed by atoms with Crippen molar-refractivity contribution in [3.8, 4) is 0 Å². The van der Waals surface area contributed by atoms with Crippen molar-refractivity contribution >= 4 is 17.5 Å². The fourth-order valence-electron chi connectivity index (χ4n) is 1.49. The minimum Gasteiger partial charge on any atom is -0.375 e. The van der Waals surface area contributed by atoms with Crippen LogP contribution >= 0.6 is 0 Å². The van der Waals surface area contributed by atoms with Gasteiger partial charge in [0.1, 0.15) is 0 Å². The van der Waals surface area contributed by atoms with Crippen LogP contribution in [0.25, 0.3) is 0 Å². The lowest BCUT2D eigenvalue weighted by atomic mass is 10.2. The minimum atomic E-state index is -0.836. The van der Waals surface area contributed by atoms with E-state index < -0.39 is 10.9 Å². The summed E-state index contributed by atoms with van der Waals surface area (Å²) >= 11 is 0. The van der Waals surface area contributed by atoms with Crippen LogP contribution in [0.5, 0.6) is 0 Å². The predicted molar refractivity (Wildman–Crippen MR) is 72.2 cm³/mol. The summed E-state index contributed by atoms with van der Waals surface area (Å²) in [6.45, 7) is 0. The van der Waals surface area contributed by atoms with E-state index in [9.17, 15) is 14.9 Å². The summed E-state index contributed by atoms with van der Waals surface area (Å²) < 4.78 is 0. The molecule has 0 fully saturated rings. The molecule has 0 atom stereocenters. The fourth-order valence-corrected chi connectivity index (χ4v) is 1.49. The quantitative estimate of drug-likeness (QED) is 0.294. The number of carbonyl (C=O) groups is 1. The van der Waals surface area contributed by atoms with Crippen LogP contribution in [0.4, 0.5) is 5.69 Å². The zero-order valence-electron chi connectivity index (χ0n) is 10.7. The Kier molecular flexibility index (Phi) is 4.20. The zero-order chi connectivity index (χ0) is 15.2. The predicted octanol–water partition coefficient (Wildman–Crippen LogP) is 0.886. The summed E-state index contributed by atoms with van der Waals surface area (Å²) in [4.78, 5) is 29.2. The third kappa shape index (κ3) is 3.60. The van der Waals surface area contributed by atoms with Crippen molar-refractivity contribution < 1.29 is 19.5 Å². The van der Waals surface area contributed by atoms with Crippen molar-refractivity contribution in [2.24, 2.45) is 10.9 Å². The van der Waals surface area contributed by atoms with Gasteiger partial charge >= 0.3 is 5.97 Å². The van der Waals surface area contributed by atoms with Gasteiger partial charge in [-0.2, -0.15) is 0 Å². The lowest BCUT2D eigenvalue weighted by Gasteiger charge is -1.99. The van der Waals surface area contributed by atoms with Crippen molar-refractivity contribution in [3.05, 3.63) is 70.0 Å². The number of hydrogen-bond donors (Lipinski definition) is 1. The number of rotatable bonds is 4. The topological polar surface area (TPSA) is 122 Å². The lowest BCUT2D eigenvalue weighted by Crippen LogP contribution is -2.24. The molecule has 2 rings (SSSR count). The van der Waals surface area contributed by atoms with Gasteiger partial charge in [-0.25, -0.2) is 9.78 Å². The highest BCUT2D eigenvalue weighted by molar-refractivity contribution is 5.95. The number of aromatic nitrogens is 1. The third-order valence-electron chi connectivity index (χ3n) is 2.50. The number of nitrogens with one attached hydrogen (secondary N) is 1. The molecule has 21 heavy (non-hydrogen) atoms. The molecule has 0 aliphatic rings. The maximum Gasteiger partial charge on any atom is 0.366 e. The number of nitro benzene ring substituents is 1. The molecule has 0 radical (unpaired) electrons. The SMILES string of the molecule is NC(=NOC(=O)c1cccc([N+](=O)[O-])c1)c1cccc[nH+]1. The van der Waals surface area contributed by atoms with Crippen molar-refractivity contribution in [3.63, 3.8) is 0 Å². The highest BCUT2D eigenvalue weighted by Gasteiger charge is 2.14. The first-order valence-corrected chi connectivity index (χ1v) is 5.84. The molecule has 106 valence electrons. The van der Waals surface area contributed by atoms with Gasteiger partial charge in [0, 0.05) is 24.3 Å². The van der Waals surface area contributed by atoms with Gasteiger partial charge in [-0.05, 0) is 12.1 Å². The molecule has 8 nitrogen and oxygen atoms in total. The Bertz CT molecular complexity index is 700. The molecule has 0 saturated carbocycles. The normalized spacial score (nSPS) is 11.0. The molecular weight excluding hydrogens is 276 g/mol. The number of oxime groups is 1. The molecule has 0 spiro atoms. The fraction of sp³-hybridized carbons (Fsp3) is 0. The molecule has 0 saturated heterocycles. The van der Waals surface area contributed by atoms with Crippen LogP contribution in [0.1, 0.15) is 16.1 Å². The van der Waals surface area contributed by atoms with E-state index in [-0.39, 0.29) is 17.1 Å². The summed E-state index contributed by atoms with van der Waals surface area (Å²) in [5, 5.41) is 14.1. The summed E-state index contributed by atoms with van der Waals surface area (Å²) in [6.07, 6.45) is 1.64. The van der Waals surface area contributed by atoms with Crippen LogP contribution in [0.2, 0.25) is 0 Å². The molecule has 0 aliphatic carbocycles. The molecule has 0 aliphatic heterocycles. The molecule has 3 N–H and O–H groups in total. The number of nitro groups is 1. The summed E-state index contributed by atoms with van der Waals surface area (Å²) in [5.74, 6) is -0.855. The monoisotopic (exact) mass is 287 g/mol. The highest BCUT2D eigenvalue weighted by Crippen LogP contribution is 2.13. The Morgan fingerprint density at radius 1 is 1.29 bits per heavy atom. The van der Waals surface area contributed by atoms with E-state index >= 15 is 0 Å². The molecule has 0 unspecified atom stereocenters. The number of H-pyrrole nitrogens is 1. The molecule has 1 heterocycles. The Balaban J connectivity index is 2.12. The number of hydrogen-bond acceptors (Lipinski definition) is 5. The summed E-state index contributed by atoms with van der Waals surface area (Å²) in [5.41, 5.74) is 5.91. The van der Waals surface area contributed by atoms with Crippen LogP contribution in [-0.4, -0.2) is 16.7 Å². The Hall–Kier alpha value is -3.29. The van der Waals surface area contributed by atoms with E-state index in [1.54, 1.807) is 24.4 Å². The van der Waals surface area contributed by atoms with Crippen LogP contribution in [0.3, 0.4) is 0 Å². The number of amidine groups is 1. The number of aromatic amines is 1. The summed E-state index contributed by atoms with van der Waals surface area (Å²) in [6, 6.07) is 10.3. The van der Waals surface area contributed by atoms with Gasteiger partial charge in [0.05, 0.1) is 10.5 Å². The smallest absolute Gasteiger partial charge is 0.366 e. The summed E-state index contributed by atoms with van der Waals surface area (Å²) in [7, 11) is 0. The standard InChI is InChI=1S/C13H10N4O4/c14-12(11-6-1-2-7-15-11)16-21-13(18)9-4-3-5-10(8-9)17(19)20/h1-8H,(H2,14,16)/p+1. The average Bonchev–Trinajstić information content (AvgIpc) is 2.53. The minimum absolute atomic E-state index is 0.0118. The molecule has 2 aromatic rings. The van der Waals surface area contributed by atoms with E-state index in [1.807, 2.05) is 0 Å². The van der Waals surface area contributed by atoms with Crippen LogP contribution in [0, 0.1) is 10.1 Å². The van der Waals surface area contributed by atoms with Crippen molar-refractivity contribution in [2.75, 3.05) is 0 Å². The van der Waals surface area contributed by atoms with E-state index in [2.05, 4.69) is 15.0 Å². The van der Waals surface area contributed by atoms with Gasteiger partial charge in [0.25, 0.3) is 5.69 Å². The van der Waals surface area contributed by atoms with Crippen LogP contribution < -0.4 is 10.7 Å². The first kappa shape index (κ1) is 14.1. The highest BCUT2D eigenvalue weighted by atomic mass is 16.7. The van der Waals surface area contributed by atoms with Gasteiger partial charge in [0.15, 0.2) is 6.20 Å². The maximum atomic E-state index is 11.7. The van der Waals surface area contributed by atoms with Gasteiger partial charge < -0.3 is 10.6 Å². The Morgan fingerprint density at radius 3 is 2.76 bits per heavy atom. The Labute approximate surface area is 119 Å². The number of pyridine rings is 1. The lowest BCUT2D eigenvalue weighted by molar-refractivity contribution is -0.384. The maximum absolute atomic E-state index is 11.7. The molecule has 0 amide bonds. The Morgan fingerprint density at radius 2 is 2.10 bits per heavy atom. The van der Waals surface area contributed by atoms with Crippen molar-refractivity contribution in [1.29, 1.82) is 0 Å². The van der Waals surface area contributed by atoms with Crippen LogP contribution in [0.15, 0.2) is 53.8 Å². The molecule has 1 aromatic carbocycles. The van der Waals surface area contributed by atoms with Gasteiger partial charge in [-0.15, -0.1) is 0 Å². The third-order valence-corrected chi connectivity index (χ3v) is 2.50. The average molecular weight is 287 g/mol. The number of benzene rings is 1. The van der Waals surface area contributed by atoms with Crippen LogP contribution in [-0.2, 0) is 4.84 Å². The number of non-ortho nitro benzene ring substituents is 1. The number of nitrogens with two attached hydrogens (primary N) is 1. The second-order valence-corrected chi connectivity index (χ2v) is 3.94. The van der Waals surface area contributed by atoms with Crippen molar-refractivity contribution in [1.82, 2.24) is 0 Å². The second kappa shape index (κ2) is 6.24. The first-order valence-electron chi connectivity index (χ1n) is 5.84. The van der Waals surface area contributed by atoms with Gasteiger partial charge in [-0.3, -0.25) is 10.1 Å². The van der Waals surface area contributed by atoms with Gasteiger partial charge in [-0.1, -0.05) is 11.2 Å². The molecular formula is C13H11N4O4+. The largest absolute Gasteiger partial charge is 0.375 e. The van der Waals surface area contributed by atoms with E-state index in [0.717, 1.165) is 6.07 Å². The van der Waals surface area contributed by atoms with E-state index in [0.29, 0.717) is 5.69 Å². The second-order valence-electron chi connectivity index (χ2n) is 3.94. The molecule has 1 aromatic heterocycles. The van der Waals surface area contributed by atoms with E-state index in [1.165, 1.54) is 18.2 Å². The van der Waals surface area contributed by atoms with Gasteiger partial charge in [0.2, 0.25) is 11.5 Å². The van der Waals surface area contributed by atoms with E-state index in [4.69, 9.17) is 5.73 Å². The van der Waals surface area contributed by atoms with Crippen molar-refractivity contribution in [2.45, 2.75) is 0 Å². The molecule has 0 bridgehead atoms. The zero-order valence-corrected chi connectivity index (χ0v) is 10.7. The number of carbonyl (C=O) groups excluding carboxylic acids is 1. The number of nitrogens with zero attached hydrogens (tertiary/aromatic N) is 2.